The van der Waals surface area contributed by atoms with E-state index in [2.05, 4.69) is 10.6 Å². The van der Waals surface area contributed by atoms with Crippen molar-refractivity contribution in [3.05, 3.63) is 28.2 Å². The Morgan fingerprint density at radius 3 is 2.90 bits per heavy atom. The molecular formula is C13H15Cl2N3O2. The number of carbonyl (C=O) groups excluding carboxylic acids is 2. The largest absolute Gasteiger partial charge is 0.354 e. The van der Waals surface area contributed by atoms with Crippen molar-refractivity contribution < 1.29 is 9.59 Å². The first-order valence-electron chi connectivity index (χ1n) is 6.24. The van der Waals surface area contributed by atoms with E-state index < -0.39 is 6.04 Å². The number of hydrogen-bond acceptors (Lipinski definition) is 3. The first kappa shape index (κ1) is 15.1. The van der Waals surface area contributed by atoms with E-state index in [4.69, 9.17) is 23.2 Å². The summed E-state index contributed by atoms with van der Waals surface area (Å²) in [6.45, 7) is 3.17. The molecule has 1 heterocycles. The molecule has 2 rings (SSSR count). The molecule has 108 valence electrons. The number of halogens is 2. The molecule has 0 unspecified atom stereocenters. The third-order valence-corrected chi connectivity index (χ3v) is 4.02. The van der Waals surface area contributed by atoms with Crippen LogP contribution in [0.4, 0.5) is 5.69 Å². The molecule has 1 aromatic carbocycles. The number of benzene rings is 1. The van der Waals surface area contributed by atoms with E-state index in [9.17, 15) is 9.59 Å². The molecule has 2 amide bonds. The normalized spacial score (nSPS) is 17.4. The summed E-state index contributed by atoms with van der Waals surface area (Å²) in [5.41, 5.74) is 0.470. The highest BCUT2D eigenvalue weighted by Crippen LogP contribution is 2.29. The summed E-state index contributed by atoms with van der Waals surface area (Å²) < 4.78 is 0. The van der Waals surface area contributed by atoms with E-state index in [1.807, 2.05) is 4.90 Å². The van der Waals surface area contributed by atoms with Gasteiger partial charge in [-0.1, -0.05) is 29.3 Å². The number of rotatable bonds is 3. The summed E-state index contributed by atoms with van der Waals surface area (Å²) in [4.78, 5) is 25.3. The third-order valence-electron chi connectivity index (χ3n) is 3.20. The van der Waals surface area contributed by atoms with Gasteiger partial charge >= 0.3 is 0 Å². The second kappa shape index (κ2) is 6.43. The van der Waals surface area contributed by atoms with Crippen molar-refractivity contribution in [1.82, 2.24) is 10.2 Å². The SMILES string of the molecule is C[C@@H](C(=O)Nc1cccc(Cl)c1Cl)N1CCNC(=O)C1. The Morgan fingerprint density at radius 1 is 1.45 bits per heavy atom. The van der Waals surface area contributed by atoms with E-state index in [-0.39, 0.29) is 18.4 Å². The lowest BCUT2D eigenvalue weighted by molar-refractivity contribution is -0.127. The molecule has 0 spiro atoms. The number of nitrogens with zero attached hydrogens (tertiary/aromatic N) is 1. The van der Waals surface area contributed by atoms with Gasteiger partial charge in [0.25, 0.3) is 0 Å². The van der Waals surface area contributed by atoms with Crippen LogP contribution in [-0.2, 0) is 9.59 Å². The Kier molecular flexibility index (Phi) is 4.86. The van der Waals surface area contributed by atoms with Crippen molar-refractivity contribution in [2.75, 3.05) is 25.0 Å². The summed E-state index contributed by atoms with van der Waals surface area (Å²) in [7, 11) is 0. The van der Waals surface area contributed by atoms with Gasteiger partial charge in [0, 0.05) is 13.1 Å². The molecule has 1 fully saturated rings. The number of anilines is 1. The van der Waals surface area contributed by atoms with Crippen LogP contribution in [0.2, 0.25) is 10.0 Å². The van der Waals surface area contributed by atoms with Gasteiger partial charge in [0.15, 0.2) is 0 Å². The van der Waals surface area contributed by atoms with E-state index in [1.54, 1.807) is 25.1 Å². The highest BCUT2D eigenvalue weighted by atomic mass is 35.5. The van der Waals surface area contributed by atoms with Gasteiger partial charge in [0.05, 0.1) is 28.3 Å². The summed E-state index contributed by atoms with van der Waals surface area (Å²) >= 11 is 11.9. The maximum atomic E-state index is 12.2. The van der Waals surface area contributed by atoms with Crippen molar-refractivity contribution in [3.8, 4) is 0 Å². The molecule has 1 aliphatic rings. The second-order valence-electron chi connectivity index (χ2n) is 4.59. The Balaban J connectivity index is 2.04. The number of carbonyl (C=O) groups is 2. The molecule has 0 aromatic heterocycles. The molecule has 0 bridgehead atoms. The second-order valence-corrected chi connectivity index (χ2v) is 5.37. The lowest BCUT2D eigenvalue weighted by Crippen LogP contribution is -2.53. The summed E-state index contributed by atoms with van der Waals surface area (Å²) in [5.74, 6) is -0.291. The van der Waals surface area contributed by atoms with Crippen LogP contribution in [0.15, 0.2) is 18.2 Å². The van der Waals surface area contributed by atoms with Crippen molar-refractivity contribution >= 4 is 40.7 Å². The lowest BCUT2D eigenvalue weighted by Gasteiger charge is -2.31. The van der Waals surface area contributed by atoms with E-state index >= 15 is 0 Å². The van der Waals surface area contributed by atoms with Crippen molar-refractivity contribution in [2.45, 2.75) is 13.0 Å². The molecule has 0 aliphatic carbocycles. The summed E-state index contributed by atoms with van der Waals surface area (Å²) in [6.07, 6.45) is 0. The number of nitrogens with one attached hydrogen (secondary N) is 2. The van der Waals surface area contributed by atoms with Crippen LogP contribution in [-0.4, -0.2) is 42.4 Å². The Labute approximate surface area is 127 Å². The minimum atomic E-state index is -0.420. The average Bonchev–Trinajstić information content (AvgIpc) is 2.43. The van der Waals surface area contributed by atoms with Gasteiger partial charge in [0.2, 0.25) is 11.8 Å². The van der Waals surface area contributed by atoms with Gasteiger partial charge in [-0.15, -0.1) is 0 Å². The van der Waals surface area contributed by atoms with Crippen molar-refractivity contribution in [2.24, 2.45) is 0 Å². The molecule has 5 nitrogen and oxygen atoms in total. The van der Waals surface area contributed by atoms with Crippen LogP contribution >= 0.6 is 23.2 Å². The van der Waals surface area contributed by atoms with Crippen LogP contribution in [0.5, 0.6) is 0 Å². The molecule has 0 saturated carbocycles. The van der Waals surface area contributed by atoms with Gasteiger partial charge in [0.1, 0.15) is 0 Å². The Hall–Kier alpha value is -1.30. The molecule has 1 saturated heterocycles. The van der Waals surface area contributed by atoms with Gasteiger partial charge in [-0.25, -0.2) is 0 Å². The summed E-state index contributed by atoms with van der Waals surface area (Å²) in [6, 6.07) is 4.62. The van der Waals surface area contributed by atoms with E-state index in [0.717, 1.165) is 0 Å². The lowest BCUT2D eigenvalue weighted by atomic mass is 10.2. The first-order chi connectivity index (χ1) is 9.49. The minimum absolute atomic E-state index is 0.0725. The predicted molar refractivity (Wildman–Crippen MR) is 79.1 cm³/mol. The molecular weight excluding hydrogens is 301 g/mol. The first-order valence-corrected chi connectivity index (χ1v) is 7.00. The number of amides is 2. The van der Waals surface area contributed by atoms with Crippen molar-refractivity contribution in [1.29, 1.82) is 0 Å². The zero-order valence-corrected chi connectivity index (χ0v) is 12.5. The van der Waals surface area contributed by atoms with Gasteiger partial charge in [-0.2, -0.15) is 0 Å². The number of piperazine rings is 1. The van der Waals surface area contributed by atoms with Gasteiger partial charge in [-0.05, 0) is 19.1 Å². The topological polar surface area (TPSA) is 61.4 Å². The highest BCUT2D eigenvalue weighted by molar-refractivity contribution is 6.44. The average molecular weight is 316 g/mol. The summed E-state index contributed by atoms with van der Waals surface area (Å²) in [5, 5.41) is 6.15. The Bertz CT molecular complexity index is 536. The smallest absolute Gasteiger partial charge is 0.241 e. The fraction of sp³-hybridized carbons (Fsp3) is 0.385. The quantitative estimate of drug-likeness (QED) is 0.893. The van der Waals surface area contributed by atoms with Crippen LogP contribution < -0.4 is 10.6 Å². The standard InChI is InChI=1S/C13H15Cl2N3O2/c1-8(18-6-5-16-11(19)7-18)13(20)17-10-4-2-3-9(14)12(10)15/h2-4,8H,5-7H2,1H3,(H,16,19)(H,17,20)/t8-/m0/s1. The monoisotopic (exact) mass is 315 g/mol. The van der Waals surface area contributed by atoms with E-state index in [0.29, 0.717) is 28.8 Å². The fourth-order valence-electron chi connectivity index (χ4n) is 1.99. The Morgan fingerprint density at radius 2 is 2.20 bits per heavy atom. The molecule has 2 N–H and O–H groups in total. The fourth-order valence-corrected chi connectivity index (χ4v) is 2.34. The maximum Gasteiger partial charge on any atom is 0.241 e. The van der Waals surface area contributed by atoms with Crippen LogP contribution in [0.1, 0.15) is 6.92 Å². The molecule has 0 radical (unpaired) electrons. The van der Waals surface area contributed by atoms with Crippen LogP contribution in [0.3, 0.4) is 0 Å². The minimum Gasteiger partial charge on any atom is -0.354 e. The molecule has 1 aromatic rings. The van der Waals surface area contributed by atoms with Gasteiger partial charge < -0.3 is 10.6 Å². The van der Waals surface area contributed by atoms with Crippen molar-refractivity contribution in [3.63, 3.8) is 0 Å². The van der Waals surface area contributed by atoms with E-state index in [1.165, 1.54) is 0 Å². The molecule has 1 atom stereocenters. The highest BCUT2D eigenvalue weighted by Gasteiger charge is 2.26. The van der Waals surface area contributed by atoms with Gasteiger partial charge in [-0.3, -0.25) is 14.5 Å². The molecule has 20 heavy (non-hydrogen) atoms. The zero-order valence-electron chi connectivity index (χ0n) is 11.0. The predicted octanol–water partition coefficient (Wildman–Crippen LogP) is 1.75. The third kappa shape index (κ3) is 3.42. The maximum absolute atomic E-state index is 12.2. The zero-order chi connectivity index (χ0) is 14.7. The number of hydrogen-bond donors (Lipinski definition) is 2. The molecule has 7 heteroatoms. The molecule has 1 aliphatic heterocycles. The van der Waals surface area contributed by atoms with Crippen LogP contribution in [0.25, 0.3) is 0 Å². The van der Waals surface area contributed by atoms with Crippen LogP contribution in [0, 0.1) is 0 Å².